The first-order chi connectivity index (χ1) is 27.0. The predicted octanol–water partition coefficient (Wildman–Crippen LogP) is 5.62. The van der Waals surface area contributed by atoms with Crippen molar-refractivity contribution in [3.8, 4) is 33.6 Å². The number of carbonyl (C=O) groups excluding carboxylic acids is 4. The van der Waals surface area contributed by atoms with E-state index in [-0.39, 0.29) is 35.7 Å². The first kappa shape index (κ1) is 37.5. The Hall–Kier alpha value is -5.44. The van der Waals surface area contributed by atoms with Gasteiger partial charge in [0.2, 0.25) is 11.8 Å². The minimum atomic E-state index is -1.70. The molecule has 0 unspecified atom stereocenters. The number of ether oxygens (including phenoxy) is 2. The fourth-order valence-electron chi connectivity index (χ4n) is 8.46. The van der Waals surface area contributed by atoms with E-state index >= 15 is 0 Å². The highest BCUT2D eigenvalue weighted by atomic mass is 28.3. The largest absolute Gasteiger partial charge is 0.453 e. The Bertz CT molecular complexity index is 2090. The van der Waals surface area contributed by atoms with Crippen molar-refractivity contribution in [1.82, 2.24) is 35.4 Å². The minimum Gasteiger partial charge on any atom is -0.453 e. The maximum absolute atomic E-state index is 13.9. The number of nitrogens with one attached hydrogen (secondary N) is 5. The molecule has 8 rings (SSSR count). The molecule has 0 spiro atoms. The lowest BCUT2D eigenvalue weighted by atomic mass is 10.0. The quantitative estimate of drug-likeness (QED) is 0.143. The van der Waals surface area contributed by atoms with E-state index < -0.39 is 32.3 Å². The lowest BCUT2D eigenvalue weighted by Gasteiger charge is -2.28. The van der Waals surface area contributed by atoms with Crippen LogP contribution in [-0.2, 0) is 19.1 Å². The van der Waals surface area contributed by atoms with Gasteiger partial charge in [-0.25, -0.2) is 24.5 Å². The molecule has 2 aliphatic carbocycles. The fourth-order valence-corrected chi connectivity index (χ4v) is 11.4. The van der Waals surface area contributed by atoms with Gasteiger partial charge in [0, 0.05) is 18.3 Å². The van der Waals surface area contributed by atoms with Crippen molar-refractivity contribution in [3.05, 3.63) is 72.6 Å². The number of nitrogens with zero attached hydrogens (tertiary/aromatic N) is 3. The molecule has 2 aromatic heterocycles. The Balaban J connectivity index is 0.927. The van der Waals surface area contributed by atoms with Crippen LogP contribution in [0.25, 0.3) is 33.6 Å². The number of rotatable bonds is 11. The third kappa shape index (κ3) is 7.81. The third-order valence-electron chi connectivity index (χ3n) is 11.8. The van der Waals surface area contributed by atoms with E-state index in [9.17, 15) is 19.2 Å². The summed E-state index contributed by atoms with van der Waals surface area (Å²) in [5.41, 5.74) is 5.99. The lowest BCUT2D eigenvalue weighted by Crippen LogP contribution is -2.51. The van der Waals surface area contributed by atoms with Gasteiger partial charge < -0.3 is 34.9 Å². The summed E-state index contributed by atoms with van der Waals surface area (Å²) in [4.78, 5) is 70.5. The second kappa shape index (κ2) is 15.2. The SMILES string of the molecule is COC(=O)N[C@@H](C(=O)N1CCC[C@@H]1c1ncc(-c2ccc(-c3ccc(-c4c[nH+]c([C@H]5C[Si](C)(C)CN5C(=O)[C@H](NC(=O)OC)C5CC5)[nH]4)cc3)cc2)[nH]1)C1CC1. The van der Waals surface area contributed by atoms with Gasteiger partial charge in [-0.2, -0.15) is 0 Å². The van der Waals surface area contributed by atoms with Crippen LogP contribution in [0.4, 0.5) is 9.59 Å². The molecule has 4 amide bonds. The fraction of sp³-hybridized carbons (Fsp3) is 0.463. The molecule has 4 fully saturated rings. The minimum absolute atomic E-state index is 0.0329. The summed E-state index contributed by atoms with van der Waals surface area (Å²) in [6.07, 6.45) is 8.73. The Morgan fingerprint density at radius 3 is 1.84 bits per heavy atom. The van der Waals surface area contributed by atoms with Crippen LogP contribution < -0.4 is 15.6 Å². The zero-order valence-electron chi connectivity index (χ0n) is 32.4. The monoisotopic (exact) mass is 779 g/mol. The molecule has 0 bridgehead atoms. The zero-order valence-corrected chi connectivity index (χ0v) is 33.4. The number of benzene rings is 2. The van der Waals surface area contributed by atoms with Gasteiger partial charge in [-0.3, -0.25) is 9.59 Å². The number of H-pyrrole nitrogens is 3. The molecule has 4 heterocycles. The Morgan fingerprint density at radius 1 is 0.750 bits per heavy atom. The molecule has 5 N–H and O–H groups in total. The molecule has 14 nitrogen and oxygen atoms in total. The molecule has 56 heavy (non-hydrogen) atoms. The molecule has 0 radical (unpaired) electrons. The predicted molar refractivity (Wildman–Crippen MR) is 210 cm³/mol. The Kier molecular flexibility index (Phi) is 10.2. The van der Waals surface area contributed by atoms with Gasteiger partial charge in [-0.1, -0.05) is 49.5 Å². The van der Waals surface area contributed by atoms with Crippen molar-refractivity contribution in [3.63, 3.8) is 0 Å². The molecular formula is C41H51N8O6Si+. The number of imidazole rings is 2. The summed E-state index contributed by atoms with van der Waals surface area (Å²) in [5.74, 6) is 1.84. The van der Waals surface area contributed by atoms with Crippen LogP contribution in [0.2, 0.25) is 19.1 Å². The topological polar surface area (TPSA) is 176 Å². The lowest BCUT2D eigenvalue weighted by molar-refractivity contribution is -0.393. The van der Waals surface area contributed by atoms with Crippen molar-refractivity contribution >= 4 is 32.1 Å². The summed E-state index contributed by atoms with van der Waals surface area (Å²) in [5, 5.41) is 5.57. The standard InChI is InChI=1S/C41H50N8O6Si/c1-54-40(52)46-34(28-15-16-28)38(50)48-19-5-6-32(48)36-42-20-30(44-36)26-11-7-24(8-12-26)25-9-13-27(14-10-25)31-21-43-37(45-31)33-22-56(3,4)23-49(33)39(51)35(29-17-18-29)47-41(53)55-2/h7-14,20-21,28-29,32-35H,5-6,15-19,22-23H2,1-4H3,(H,42,44)(H,43,45)(H,46,52)(H,47,53)/p+1/t32-,33-,34-,35-/m1/s1. The van der Waals surface area contributed by atoms with Crippen LogP contribution in [-0.4, -0.2) is 95.8 Å². The summed E-state index contributed by atoms with van der Waals surface area (Å²) in [6.45, 7) is 5.24. The average molecular weight is 780 g/mol. The van der Waals surface area contributed by atoms with Crippen LogP contribution in [0.1, 0.15) is 62.3 Å². The van der Waals surface area contributed by atoms with Gasteiger partial charge in [-0.05, 0) is 85.2 Å². The van der Waals surface area contributed by atoms with E-state index in [4.69, 9.17) is 14.5 Å². The number of alkyl carbamates (subject to hydrolysis) is 2. The van der Waals surface area contributed by atoms with E-state index in [0.29, 0.717) is 6.54 Å². The molecule has 2 aliphatic heterocycles. The van der Waals surface area contributed by atoms with Crippen LogP contribution >= 0.6 is 0 Å². The van der Waals surface area contributed by atoms with Gasteiger partial charge in [0.15, 0.2) is 5.69 Å². The number of aromatic amines is 3. The highest BCUT2D eigenvalue weighted by Gasteiger charge is 2.50. The number of hydrogen-bond acceptors (Lipinski definition) is 7. The van der Waals surface area contributed by atoms with Crippen LogP contribution in [0.3, 0.4) is 0 Å². The highest BCUT2D eigenvalue weighted by Crippen LogP contribution is 2.41. The van der Waals surface area contributed by atoms with Gasteiger partial charge >= 0.3 is 12.2 Å². The van der Waals surface area contributed by atoms with E-state index in [1.54, 1.807) is 0 Å². The molecule has 2 saturated carbocycles. The smallest absolute Gasteiger partial charge is 0.407 e. The molecule has 4 aromatic rings. The van der Waals surface area contributed by atoms with E-state index in [0.717, 1.165) is 96.0 Å². The number of carbonyl (C=O) groups is 4. The molecule has 294 valence electrons. The number of amides is 4. The van der Waals surface area contributed by atoms with Crippen molar-refractivity contribution in [2.24, 2.45) is 11.8 Å². The second-order valence-corrected chi connectivity index (χ2v) is 21.6. The van der Waals surface area contributed by atoms with E-state index in [2.05, 4.69) is 87.2 Å². The second-order valence-electron chi connectivity index (χ2n) is 16.5. The Labute approximate surface area is 327 Å². The van der Waals surface area contributed by atoms with Crippen LogP contribution in [0.5, 0.6) is 0 Å². The normalized spacial score (nSPS) is 21.4. The van der Waals surface area contributed by atoms with Crippen molar-refractivity contribution in [2.75, 3.05) is 26.9 Å². The third-order valence-corrected chi connectivity index (χ3v) is 14.5. The average Bonchev–Trinajstić information content (AvgIpc) is 4.00. The summed E-state index contributed by atoms with van der Waals surface area (Å²) >= 11 is 0. The van der Waals surface area contributed by atoms with Crippen molar-refractivity contribution in [2.45, 2.75) is 81.8 Å². The summed E-state index contributed by atoms with van der Waals surface area (Å²) in [7, 11) is 0.939. The number of hydrogen-bond donors (Lipinski definition) is 4. The van der Waals surface area contributed by atoms with Crippen molar-refractivity contribution < 1.29 is 33.6 Å². The molecule has 15 heteroatoms. The first-order valence-corrected chi connectivity index (χ1v) is 23.1. The molecule has 2 aromatic carbocycles. The zero-order chi connectivity index (χ0) is 39.1. The van der Waals surface area contributed by atoms with Gasteiger partial charge in [0.25, 0.3) is 5.82 Å². The number of likely N-dealkylation sites (tertiary alicyclic amines) is 1. The maximum atomic E-state index is 13.9. The van der Waals surface area contributed by atoms with E-state index in [1.807, 2.05) is 22.2 Å². The van der Waals surface area contributed by atoms with Gasteiger partial charge in [0.1, 0.15) is 30.1 Å². The molecule has 4 aliphatic rings. The Morgan fingerprint density at radius 2 is 1.29 bits per heavy atom. The number of aromatic nitrogens is 4. The van der Waals surface area contributed by atoms with Crippen LogP contribution in [0.15, 0.2) is 60.9 Å². The van der Waals surface area contributed by atoms with Gasteiger partial charge in [-0.15, -0.1) is 0 Å². The molecule has 2 saturated heterocycles. The highest BCUT2D eigenvalue weighted by molar-refractivity contribution is 6.78. The van der Waals surface area contributed by atoms with Crippen molar-refractivity contribution in [1.29, 1.82) is 0 Å². The van der Waals surface area contributed by atoms with Gasteiger partial charge in [0.05, 0.1) is 40.2 Å². The number of methoxy groups -OCH3 is 2. The summed E-state index contributed by atoms with van der Waals surface area (Å²) < 4.78 is 9.62. The maximum Gasteiger partial charge on any atom is 0.407 e. The van der Waals surface area contributed by atoms with Crippen LogP contribution in [0, 0.1) is 11.8 Å². The first-order valence-electron chi connectivity index (χ1n) is 19.7. The molecule has 4 atom stereocenters. The summed E-state index contributed by atoms with van der Waals surface area (Å²) in [6, 6.07) is 16.2. The van der Waals surface area contributed by atoms with E-state index in [1.165, 1.54) is 14.2 Å². The molecular weight excluding hydrogens is 729 g/mol.